The number of carbonyl (C=O) groups is 1. The molecule has 0 bridgehead atoms. The summed E-state index contributed by atoms with van der Waals surface area (Å²) in [5, 5.41) is 13.6. The van der Waals surface area contributed by atoms with Crippen molar-refractivity contribution in [3.8, 4) is 6.07 Å². The molecule has 0 unspecified atom stereocenters. The molecular weight excluding hydrogens is 190 g/mol. The molecule has 1 aromatic heterocycles. The molecule has 0 saturated heterocycles. The summed E-state index contributed by atoms with van der Waals surface area (Å²) < 4.78 is 1.70. The lowest BCUT2D eigenvalue weighted by Gasteiger charge is -2.27. The predicted molar refractivity (Wildman–Crippen MR) is 54.0 cm³/mol. The van der Waals surface area contributed by atoms with E-state index in [9.17, 15) is 10.1 Å². The number of aromatic nitrogens is 2. The van der Waals surface area contributed by atoms with Crippen molar-refractivity contribution < 1.29 is 4.79 Å². The highest BCUT2D eigenvalue weighted by Crippen LogP contribution is 2.36. The molecule has 4 nitrogen and oxygen atoms in total. The van der Waals surface area contributed by atoms with Crippen LogP contribution >= 0.6 is 0 Å². The molecule has 15 heavy (non-hydrogen) atoms. The fourth-order valence-corrected chi connectivity index (χ4v) is 2.05. The Hall–Kier alpha value is -1.63. The second kappa shape index (κ2) is 3.50. The Kier molecular flexibility index (Phi) is 2.31. The van der Waals surface area contributed by atoms with Gasteiger partial charge in [-0.1, -0.05) is 0 Å². The van der Waals surface area contributed by atoms with E-state index in [1.54, 1.807) is 4.68 Å². The van der Waals surface area contributed by atoms with E-state index in [-0.39, 0.29) is 5.78 Å². The number of ketones is 1. The fraction of sp³-hybridized carbons (Fsp3) is 0.545. The van der Waals surface area contributed by atoms with Gasteiger partial charge in [0.2, 0.25) is 0 Å². The number of carbonyl (C=O) groups excluding carboxylic acids is 1. The maximum Gasteiger partial charge on any atom is 0.133 e. The van der Waals surface area contributed by atoms with Gasteiger partial charge in [-0.3, -0.25) is 9.48 Å². The fourth-order valence-electron chi connectivity index (χ4n) is 2.05. The third-order valence-electron chi connectivity index (χ3n) is 3.08. The van der Waals surface area contributed by atoms with Gasteiger partial charge in [-0.15, -0.1) is 0 Å². The maximum atomic E-state index is 11.2. The molecule has 0 atom stereocenters. The molecule has 1 aliphatic carbocycles. The van der Waals surface area contributed by atoms with Gasteiger partial charge in [-0.2, -0.15) is 10.4 Å². The molecule has 1 aromatic rings. The van der Waals surface area contributed by atoms with Gasteiger partial charge in [0, 0.05) is 26.1 Å². The van der Waals surface area contributed by atoms with Crippen LogP contribution in [0, 0.1) is 11.3 Å². The molecule has 1 aliphatic rings. The van der Waals surface area contributed by atoms with E-state index in [0.717, 1.165) is 5.69 Å². The van der Waals surface area contributed by atoms with Gasteiger partial charge < -0.3 is 0 Å². The number of hydrogen-bond acceptors (Lipinski definition) is 3. The van der Waals surface area contributed by atoms with Crippen LogP contribution in [0.2, 0.25) is 0 Å². The van der Waals surface area contributed by atoms with E-state index < -0.39 is 5.41 Å². The van der Waals surface area contributed by atoms with Crippen molar-refractivity contribution in [2.75, 3.05) is 0 Å². The van der Waals surface area contributed by atoms with Crippen LogP contribution in [0.3, 0.4) is 0 Å². The quantitative estimate of drug-likeness (QED) is 0.691. The van der Waals surface area contributed by atoms with Crippen molar-refractivity contribution in [2.24, 2.45) is 7.05 Å². The zero-order chi connectivity index (χ0) is 10.9. The summed E-state index contributed by atoms with van der Waals surface area (Å²) in [6.07, 6.45) is 4.07. The summed E-state index contributed by atoms with van der Waals surface area (Å²) in [7, 11) is 1.84. The van der Waals surface area contributed by atoms with Crippen LogP contribution in [0.25, 0.3) is 0 Å². The van der Waals surface area contributed by atoms with Crippen LogP contribution in [0.4, 0.5) is 0 Å². The first kappa shape index (κ1) is 9.91. The van der Waals surface area contributed by atoms with Crippen molar-refractivity contribution in [1.29, 1.82) is 5.26 Å². The van der Waals surface area contributed by atoms with E-state index in [2.05, 4.69) is 11.2 Å². The van der Waals surface area contributed by atoms with Gasteiger partial charge in [0.25, 0.3) is 0 Å². The normalized spacial score (nSPS) is 19.9. The third kappa shape index (κ3) is 1.65. The Morgan fingerprint density at radius 3 is 2.67 bits per heavy atom. The van der Waals surface area contributed by atoms with Crippen molar-refractivity contribution in [2.45, 2.75) is 31.1 Å². The second-order valence-electron chi connectivity index (χ2n) is 4.11. The largest absolute Gasteiger partial charge is 0.300 e. The van der Waals surface area contributed by atoms with Crippen LogP contribution in [-0.2, 0) is 17.3 Å². The topological polar surface area (TPSA) is 58.7 Å². The van der Waals surface area contributed by atoms with Gasteiger partial charge >= 0.3 is 0 Å². The molecule has 0 aromatic carbocycles. The summed E-state index contributed by atoms with van der Waals surface area (Å²) in [5.74, 6) is 0.261. The zero-order valence-electron chi connectivity index (χ0n) is 8.73. The van der Waals surface area contributed by atoms with E-state index in [0.29, 0.717) is 25.7 Å². The molecule has 1 heterocycles. The van der Waals surface area contributed by atoms with Crippen molar-refractivity contribution in [3.63, 3.8) is 0 Å². The molecule has 0 radical (unpaired) electrons. The predicted octanol–water partition coefficient (Wildman–Crippen LogP) is 1.32. The third-order valence-corrected chi connectivity index (χ3v) is 3.08. The number of nitriles is 1. The Morgan fingerprint density at radius 2 is 2.20 bits per heavy atom. The van der Waals surface area contributed by atoms with Gasteiger partial charge in [-0.05, 0) is 18.9 Å². The van der Waals surface area contributed by atoms with E-state index >= 15 is 0 Å². The maximum absolute atomic E-state index is 11.2. The minimum absolute atomic E-state index is 0.261. The summed E-state index contributed by atoms with van der Waals surface area (Å²) in [5.41, 5.74) is 0.273. The van der Waals surface area contributed by atoms with Crippen molar-refractivity contribution >= 4 is 5.78 Å². The summed E-state index contributed by atoms with van der Waals surface area (Å²) >= 11 is 0. The van der Waals surface area contributed by atoms with Crippen LogP contribution in [0.5, 0.6) is 0 Å². The molecule has 0 spiro atoms. The second-order valence-corrected chi connectivity index (χ2v) is 4.11. The lowest BCUT2D eigenvalue weighted by atomic mass is 9.72. The lowest BCUT2D eigenvalue weighted by molar-refractivity contribution is -0.121. The number of aryl methyl sites for hydroxylation is 1. The first-order valence-corrected chi connectivity index (χ1v) is 5.09. The Balaban J connectivity index is 2.31. The number of nitrogens with zero attached hydrogens (tertiary/aromatic N) is 3. The molecule has 0 amide bonds. The number of hydrogen-bond donors (Lipinski definition) is 0. The van der Waals surface area contributed by atoms with Crippen LogP contribution in [-0.4, -0.2) is 15.6 Å². The molecule has 0 N–H and O–H groups in total. The molecular formula is C11H13N3O. The highest BCUT2D eigenvalue weighted by Gasteiger charge is 2.38. The number of Topliss-reactive ketones (excluding diaryl/α,β-unsaturated/α-hetero) is 1. The molecule has 1 saturated carbocycles. The van der Waals surface area contributed by atoms with Crippen LogP contribution < -0.4 is 0 Å². The van der Waals surface area contributed by atoms with E-state index in [1.165, 1.54) is 0 Å². The van der Waals surface area contributed by atoms with Gasteiger partial charge in [0.1, 0.15) is 11.2 Å². The lowest BCUT2D eigenvalue weighted by Crippen LogP contribution is -2.31. The van der Waals surface area contributed by atoms with E-state index in [4.69, 9.17) is 0 Å². The van der Waals surface area contributed by atoms with Gasteiger partial charge in [0.15, 0.2) is 0 Å². The highest BCUT2D eigenvalue weighted by molar-refractivity contribution is 5.79. The van der Waals surface area contributed by atoms with Gasteiger partial charge in [-0.25, -0.2) is 0 Å². The summed E-state index contributed by atoms with van der Waals surface area (Å²) in [6, 6.07) is 4.21. The molecule has 0 aliphatic heterocycles. The molecule has 4 heteroatoms. The zero-order valence-corrected chi connectivity index (χ0v) is 8.73. The SMILES string of the molecule is Cn1ccc(C2(C#N)CCC(=O)CC2)n1. The summed E-state index contributed by atoms with van der Waals surface area (Å²) in [6.45, 7) is 0. The Bertz CT molecular complexity index is 417. The van der Waals surface area contributed by atoms with E-state index in [1.807, 2.05) is 19.3 Å². The first-order valence-electron chi connectivity index (χ1n) is 5.09. The molecule has 2 rings (SSSR count). The van der Waals surface area contributed by atoms with Gasteiger partial charge in [0.05, 0.1) is 11.8 Å². The first-order chi connectivity index (χ1) is 7.16. The molecule has 1 fully saturated rings. The Labute approximate surface area is 88.5 Å². The average Bonchev–Trinajstić information content (AvgIpc) is 2.67. The average molecular weight is 203 g/mol. The monoisotopic (exact) mass is 203 g/mol. The standard InChI is InChI=1S/C11H13N3O/c1-14-7-4-10(13-14)11(8-12)5-2-9(15)3-6-11/h4,7H,2-3,5-6H2,1H3. The van der Waals surface area contributed by atoms with Crippen LogP contribution in [0.1, 0.15) is 31.4 Å². The van der Waals surface area contributed by atoms with Crippen molar-refractivity contribution in [3.05, 3.63) is 18.0 Å². The summed E-state index contributed by atoms with van der Waals surface area (Å²) in [4.78, 5) is 11.2. The Morgan fingerprint density at radius 1 is 1.53 bits per heavy atom. The smallest absolute Gasteiger partial charge is 0.133 e. The number of rotatable bonds is 1. The molecule has 78 valence electrons. The minimum Gasteiger partial charge on any atom is -0.300 e. The van der Waals surface area contributed by atoms with Crippen LogP contribution in [0.15, 0.2) is 12.3 Å². The highest BCUT2D eigenvalue weighted by atomic mass is 16.1. The van der Waals surface area contributed by atoms with Crippen molar-refractivity contribution in [1.82, 2.24) is 9.78 Å². The minimum atomic E-state index is -0.533.